The molecule has 0 radical (unpaired) electrons. The molecule has 1 atom stereocenters. The first kappa shape index (κ1) is 17.9. The van der Waals surface area contributed by atoms with E-state index in [0.29, 0.717) is 31.0 Å². The minimum Gasteiger partial charge on any atom is -0.469 e. The van der Waals surface area contributed by atoms with Gasteiger partial charge in [0.1, 0.15) is 5.76 Å². The van der Waals surface area contributed by atoms with Gasteiger partial charge in [-0.15, -0.1) is 0 Å². The van der Waals surface area contributed by atoms with E-state index < -0.39 is 0 Å². The number of hydrogen-bond donors (Lipinski definition) is 1. The van der Waals surface area contributed by atoms with Crippen molar-refractivity contribution in [2.24, 2.45) is 0 Å². The van der Waals surface area contributed by atoms with Crippen molar-refractivity contribution in [3.8, 4) is 11.4 Å². The Bertz CT molecular complexity index is 797. The number of carbonyl (C=O) groups is 1. The number of aryl methyl sites for hydroxylation is 2. The van der Waals surface area contributed by atoms with Crippen LogP contribution in [0.3, 0.4) is 0 Å². The van der Waals surface area contributed by atoms with E-state index in [2.05, 4.69) is 15.5 Å². The number of aromatic nitrogens is 2. The molecule has 2 heterocycles. The molecule has 1 N–H and O–H groups in total. The molecule has 3 rings (SSSR count). The molecular formula is C20H23N3O3. The van der Waals surface area contributed by atoms with E-state index in [0.717, 1.165) is 24.2 Å². The van der Waals surface area contributed by atoms with Gasteiger partial charge in [0.2, 0.25) is 17.6 Å². The normalized spacial score (nSPS) is 12.0. The summed E-state index contributed by atoms with van der Waals surface area (Å²) in [6.07, 6.45) is 5.04. The van der Waals surface area contributed by atoms with Gasteiger partial charge in [0.15, 0.2) is 0 Å². The lowest BCUT2D eigenvalue weighted by atomic mass is 10.1. The predicted molar refractivity (Wildman–Crippen MR) is 97.3 cm³/mol. The van der Waals surface area contributed by atoms with E-state index in [-0.39, 0.29) is 11.9 Å². The molecule has 3 aromatic rings. The first-order valence-corrected chi connectivity index (χ1v) is 8.90. The van der Waals surface area contributed by atoms with Crippen LogP contribution < -0.4 is 5.32 Å². The summed E-state index contributed by atoms with van der Waals surface area (Å²) in [6.45, 7) is 2.00. The number of hydrogen-bond acceptors (Lipinski definition) is 5. The Morgan fingerprint density at radius 2 is 2.00 bits per heavy atom. The largest absolute Gasteiger partial charge is 0.469 e. The molecule has 0 bridgehead atoms. The highest BCUT2D eigenvalue weighted by Crippen LogP contribution is 2.15. The van der Waals surface area contributed by atoms with Crippen LogP contribution in [0.5, 0.6) is 0 Å². The summed E-state index contributed by atoms with van der Waals surface area (Å²) in [4.78, 5) is 16.4. The summed E-state index contributed by atoms with van der Waals surface area (Å²) < 4.78 is 10.6. The molecule has 0 aliphatic carbocycles. The Hall–Kier alpha value is -2.89. The van der Waals surface area contributed by atoms with Crippen molar-refractivity contribution in [1.82, 2.24) is 15.5 Å². The van der Waals surface area contributed by atoms with E-state index in [9.17, 15) is 4.79 Å². The quantitative estimate of drug-likeness (QED) is 0.633. The zero-order valence-corrected chi connectivity index (χ0v) is 14.9. The Balaban J connectivity index is 1.36. The molecule has 6 nitrogen and oxygen atoms in total. The summed E-state index contributed by atoms with van der Waals surface area (Å²) in [5.74, 6) is 2.12. The van der Waals surface area contributed by atoms with E-state index in [1.54, 1.807) is 6.26 Å². The van der Waals surface area contributed by atoms with Gasteiger partial charge in [-0.25, -0.2) is 0 Å². The summed E-state index contributed by atoms with van der Waals surface area (Å²) in [5, 5.41) is 7.00. The van der Waals surface area contributed by atoms with Gasteiger partial charge in [-0.2, -0.15) is 4.98 Å². The fraction of sp³-hybridized carbons (Fsp3) is 0.350. The highest BCUT2D eigenvalue weighted by Gasteiger charge is 2.11. The molecule has 0 saturated heterocycles. The fourth-order valence-corrected chi connectivity index (χ4v) is 2.69. The van der Waals surface area contributed by atoms with Crippen molar-refractivity contribution >= 4 is 5.91 Å². The van der Waals surface area contributed by atoms with Crippen molar-refractivity contribution < 1.29 is 13.7 Å². The third kappa shape index (κ3) is 5.31. The smallest absolute Gasteiger partial charge is 0.226 e. The average molecular weight is 353 g/mol. The molecular weight excluding hydrogens is 330 g/mol. The van der Waals surface area contributed by atoms with Crippen LogP contribution in [0.2, 0.25) is 0 Å². The molecule has 0 saturated carbocycles. The number of amides is 1. The molecule has 6 heteroatoms. The van der Waals surface area contributed by atoms with Gasteiger partial charge in [-0.3, -0.25) is 4.79 Å². The zero-order valence-electron chi connectivity index (χ0n) is 14.9. The summed E-state index contributed by atoms with van der Waals surface area (Å²) in [5.41, 5.74) is 0.922. The lowest BCUT2D eigenvalue weighted by Crippen LogP contribution is -2.32. The number of benzene rings is 1. The number of rotatable bonds is 9. The highest BCUT2D eigenvalue weighted by molar-refractivity contribution is 5.76. The van der Waals surface area contributed by atoms with E-state index >= 15 is 0 Å². The first-order valence-electron chi connectivity index (χ1n) is 8.90. The van der Waals surface area contributed by atoms with Crippen molar-refractivity contribution in [1.29, 1.82) is 0 Å². The minimum absolute atomic E-state index is 0.0414. The molecule has 0 spiro atoms. The molecule has 1 unspecified atom stereocenters. The maximum Gasteiger partial charge on any atom is 0.226 e. The molecule has 136 valence electrons. The number of nitrogens with one attached hydrogen (secondary N) is 1. The standard InChI is InChI=1S/C20H23N3O3/c1-15(12-13-17-9-6-14-25-17)21-18(24)10-5-11-19-22-20(23-26-19)16-7-3-2-4-8-16/h2-4,6-9,14-15H,5,10-13H2,1H3,(H,21,24). The Labute approximate surface area is 152 Å². The summed E-state index contributed by atoms with van der Waals surface area (Å²) >= 11 is 0. The number of nitrogens with zero attached hydrogens (tertiary/aromatic N) is 2. The number of carbonyl (C=O) groups excluding carboxylic acids is 1. The van der Waals surface area contributed by atoms with Crippen molar-refractivity contribution in [2.45, 2.75) is 45.1 Å². The topological polar surface area (TPSA) is 81.2 Å². The van der Waals surface area contributed by atoms with Crippen LogP contribution in [0.4, 0.5) is 0 Å². The third-order valence-electron chi connectivity index (χ3n) is 4.11. The second kappa shape index (κ2) is 8.99. The van der Waals surface area contributed by atoms with Gasteiger partial charge < -0.3 is 14.3 Å². The SMILES string of the molecule is CC(CCc1ccco1)NC(=O)CCCc1nc(-c2ccccc2)no1. The van der Waals surface area contributed by atoms with Crippen LogP contribution in [0, 0.1) is 0 Å². The fourth-order valence-electron chi connectivity index (χ4n) is 2.69. The van der Waals surface area contributed by atoms with Crippen LogP contribution in [0.1, 0.15) is 37.8 Å². The van der Waals surface area contributed by atoms with Crippen LogP contribution in [-0.2, 0) is 17.6 Å². The van der Waals surface area contributed by atoms with Gasteiger partial charge in [-0.1, -0.05) is 35.5 Å². The van der Waals surface area contributed by atoms with Gasteiger partial charge in [0.25, 0.3) is 0 Å². The van der Waals surface area contributed by atoms with Crippen LogP contribution in [0.25, 0.3) is 11.4 Å². The molecule has 0 aliphatic heterocycles. The van der Waals surface area contributed by atoms with Crippen molar-refractivity contribution in [3.05, 3.63) is 60.4 Å². The zero-order chi connectivity index (χ0) is 18.2. The third-order valence-corrected chi connectivity index (χ3v) is 4.11. The minimum atomic E-state index is 0.0414. The van der Waals surface area contributed by atoms with Crippen LogP contribution >= 0.6 is 0 Å². The molecule has 1 amide bonds. The van der Waals surface area contributed by atoms with Crippen LogP contribution in [0.15, 0.2) is 57.7 Å². The van der Waals surface area contributed by atoms with E-state index in [4.69, 9.17) is 8.94 Å². The van der Waals surface area contributed by atoms with Crippen LogP contribution in [-0.4, -0.2) is 22.1 Å². The van der Waals surface area contributed by atoms with Crippen molar-refractivity contribution in [2.75, 3.05) is 0 Å². The molecule has 0 aliphatic rings. The highest BCUT2D eigenvalue weighted by atomic mass is 16.5. The Kier molecular flexibility index (Phi) is 6.19. The Morgan fingerprint density at radius 1 is 1.15 bits per heavy atom. The summed E-state index contributed by atoms with van der Waals surface area (Å²) in [7, 11) is 0. The number of furan rings is 1. The second-order valence-corrected chi connectivity index (χ2v) is 6.32. The van der Waals surface area contributed by atoms with Gasteiger partial charge in [0.05, 0.1) is 6.26 Å². The van der Waals surface area contributed by atoms with Gasteiger partial charge in [-0.05, 0) is 31.9 Å². The van der Waals surface area contributed by atoms with Gasteiger partial charge >= 0.3 is 0 Å². The molecule has 2 aromatic heterocycles. The summed E-state index contributed by atoms with van der Waals surface area (Å²) in [6, 6.07) is 13.6. The molecule has 0 fully saturated rings. The lowest BCUT2D eigenvalue weighted by Gasteiger charge is -2.12. The molecule has 26 heavy (non-hydrogen) atoms. The maximum atomic E-state index is 12.0. The lowest BCUT2D eigenvalue weighted by molar-refractivity contribution is -0.121. The molecule has 1 aromatic carbocycles. The van der Waals surface area contributed by atoms with E-state index in [1.165, 1.54) is 0 Å². The predicted octanol–water partition coefficient (Wildman–Crippen LogP) is 3.79. The maximum absolute atomic E-state index is 12.0. The second-order valence-electron chi connectivity index (χ2n) is 6.32. The average Bonchev–Trinajstić information content (AvgIpc) is 3.33. The monoisotopic (exact) mass is 353 g/mol. The van der Waals surface area contributed by atoms with Gasteiger partial charge in [0, 0.05) is 30.9 Å². The van der Waals surface area contributed by atoms with Crippen molar-refractivity contribution in [3.63, 3.8) is 0 Å². The first-order chi connectivity index (χ1) is 12.7. The van der Waals surface area contributed by atoms with E-state index in [1.807, 2.05) is 49.4 Å². The Morgan fingerprint density at radius 3 is 2.77 bits per heavy atom.